The van der Waals surface area contributed by atoms with Crippen LogP contribution in [0.15, 0.2) is 60.7 Å². The van der Waals surface area contributed by atoms with Crippen molar-refractivity contribution < 1.29 is 34.7 Å². The standard InChI is InChI=1S/C19H21O.Na/c20-19(16-10-4-1-5-11-16,17-12-6-2-7-13-17)18-14-8-3-9-15-18;/h1-2,4-7,10-13,18H,3,8-9,14-15H2;/q-1;+1. The van der Waals surface area contributed by atoms with Gasteiger partial charge < -0.3 is 5.11 Å². The largest absolute Gasteiger partial charge is 1.00 e. The van der Waals surface area contributed by atoms with E-state index in [2.05, 4.69) is 0 Å². The van der Waals surface area contributed by atoms with Gasteiger partial charge in [-0.3, -0.25) is 0 Å². The van der Waals surface area contributed by atoms with E-state index >= 15 is 0 Å². The Morgan fingerprint density at radius 3 is 1.57 bits per heavy atom. The van der Waals surface area contributed by atoms with Gasteiger partial charge in [-0.2, -0.15) is 0 Å². The van der Waals surface area contributed by atoms with Crippen LogP contribution in [0.1, 0.15) is 43.2 Å². The Hall–Kier alpha value is -0.600. The molecule has 0 aromatic heterocycles. The second kappa shape index (κ2) is 7.60. The smallest absolute Gasteiger partial charge is 0.842 e. The normalized spacial score (nSPS) is 16.2. The van der Waals surface area contributed by atoms with Gasteiger partial charge in [0.25, 0.3) is 0 Å². The summed E-state index contributed by atoms with van der Waals surface area (Å²) in [5, 5.41) is 13.9. The topological polar surface area (TPSA) is 23.1 Å². The van der Waals surface area contributed by atoms with Crippen molar-refractivity contribution in [2.75, 3.05) is 0 Å². The zero-order chi connectivity index (χ0) is 13.8. The average Bonchev–Trinajstić information content (AvgIpc) is 2.56. The van der Waals surface area contributed by atoms with Crippen LogP contribution in [0.25, 0.3) is 0 Å². The summed E-state index contributed by atoms with van der Waals surface area (Å²) in [6.45, 7) is 0. The summed E-state index contributed by atoms with van der Waals surface area (Å²) < 4.78 is 0. The molecule has 0 N–H and O–H groups in total. The van der Waals surface area contributed by atoms with Gasteiger partial charge in [-0.05, 0) is 5.92 Å². The van der Waals surface area contributed by atoms with Crippen molar-refractivity contribution in [3.63, 3.8) is 0 Å². The molecular formula is C19H21NaO. The van der Waals surface area contributed by atoms with Gasteiger partial charge in [-0.1, -0.05) is 109 Å². The predicted octanol–water partition coefficient (Wildman–Crippen LogP) is 0.875. The molecule has 0 saturated heterocycles. The van der Waals surface area contributed by atoms with Crippen LogP contribution in [0.5, 0.6) is 0 Å². The molecule has 1 nitrogen and oxygen atoms in total. The summed E-state index contributed by atoms with van der Waals surface area (Å²) in [5.41, 5.74) is 0.736. The van der Waals surface area contributed by atoms with E-state index in [0.29, 0.717) is 0 Å². The van der Waals surface area contributed by atoms with E-state index in [4.69, 9.17) is 0 Å². The summed E-state index contributed by atoms with van der Waals surface area (Å²) in [6, 6.07) is 19.9. The van der Waals surface area contributed by atoms with E-state index in [0.717, 1.165) is 24.0 Å². The first-order valence-electron chi connectivity index (χ1n) is 7.63. The fourth-order valence-electron chi connectivity index (χ4n) is 3.52. The molecule has 104 valence electrons. The van der Waals surface area contributed by atoms with Gasteiger partial charge in [0, 0.05) is 0 Å². The first-order chi connectivity index (χ1) is 9.82. The Labute approximate surface area is 149 Å². The summed E-state index contributed by atoms with van der Waals surface area (Å²) >= 11 is 0. The third-order valence-corrected chi connectivity index (χ3v) is 4.59. The van der Waals surface area contributed by atoms with Crippen molar-refractivity contribution in [3.05, 3.63) is 71.8 Å². The average molecular weight is 288 g/mol. The van der Waals surface area contributed by atoms with E-state index in [1.54, 1.807) is 0 Å². The van der Waals surface area contributed by atoms with Crippen LogP contribution < -0.4 is 34.7 Å². The van der Waals surface area contributed by atoms with Crippen LogP contribution in [0.4, 0.5) is 0 Å². The third-order valence-electron chi connectivity index (χ3n) is 4.59. The Bertz CT molecular complexity index is 493. The SMILES string of the molecule is [Na+].[O-]C(c1ccccc1)(c1ccccc1)C1CCCCC1. The van der Waals surface area contributed by atoms with Crippen LogP contribution in [0, 0.1) is 5.92 Å². The fraction of sp³-hybridized carbons (Fsp3) is 0.368. The van der Waals surface area contributed by atoms with E-state index in [9.17, 15) is 5.11 Å². The Balaban J connectivity index is 0.00000161. The summed E-state index contributed by atoms with van der Waals surface area (Å²) in [5.74, 6) is 0.209. The van der Waals surface area contributed by atoms with Gasteiger partial charge in [-0.25, -0.2) is 0 Å². The molecule has 0 spiro atoms. The van der Waals surface area contributed by atoms with Gasteiger partial charge in [0.2, 0.25) is 0 Å². The molecule has 0 bridgehead atoms. The molecule has 2 heteroatoms. The molecular weight excluding hydrogens is 267 g/mol. The third kappa shape index (κ3) is 3.43. The van der Waals surface area contributed by atoms with Crippen LogP contribution in [-0.4, -0.2) is 0 Å². The van der Waals surface area contributed by atoms with Crippen molar-refractivity contribution in [1.29, 1.82) is 0 Å². The van der Waals surface area contributed by atoms with E-state index < -0.39 is 5.60 Å². The Morgan fingerprint density at radius 2 is 1.14 bits per heavy atom. The second-order valence-corrected chi connectivity index (χ2v) is 5.80. The van der Waals surface area contributed by atoms with Gasteiger partial charge in [-0.15, -0.1) is 0 Å². The number of hydrogen-bond donors (Lipinski definition) is 0. The minimum Gasteiger partial charge on any atom is -0.842 e. The van der Waals surface area contributed by atoms with Crippen molar-refractivity contribution in [1.82, 2.24) is 0 Å². The van der Waals surface area contributed by atoms with Gasteiger partial charge in [0.05, 0.1) is 0 Å². The molecule has 3 rings (SSSR count). The summed E-state index contributed by atoms with van der Waals surface area (Å²) in [6.07, 6.45) is 5.75. The number of benzene rings is 2. The zero-order valence-electron chi connectivity index (χ0n) is 12.8. The van der Waals surface area contributed by atoms with Crippen LogP contribution in [-0.2, 0) is 5.60 Å². The van der Waals surface area contributed by atoms with Gasteiger partial charge >= 0.3 is 29.6 Å². The minimum atomic E-state index is -1.09. The molecule has 0 heterocycles. The first-order valence-corrected chi connectivity index (χ1v) is 7.63. The zero-order valence-corrected chi connectivity index (χ0v) is 14.8. The Morgan fingerprint density at radius 1 is 0.714 bits per heavy atom. The molecule has 2 aromatic carbocycles. The molecule has 1 fully saturated rings. The van der Waals surface area contributed by atoms with Crippen LogP contribution >= 0.6 is 0 Å². The quantitative estimate of drug-likeness (QED) is 0.769. The molecule has 0 radical (unpaired) electrons. The molecule has 1 aliphatic carbocycles. The summed E-state index contributed by atoms with van der Waals surface area (Å²) in [7, 11) is 0. The summed E-state index contributed by atoms with van der Waals surface area (Å²) in [4.78, 5) is 0. The van der Waals surface area contributed by atoms with E-state index in [-0.39, 0.29) is 35.5 Å². The Kier molecular flexibility index (Phi) is 6.07. The van der Waals surface area contributed by atoms with Crippen molar-refractivity contribution in [2.24, 2.45) is 5.92 Å². The van der Waals surface area contributed by atoms with Crippen LogP contribution in [0.3, 0.4) is 0 Å². The van der Waals surface area contributed by atoms with Gasteiger partial charge in [0.1, 0.15) is 0 Å². The van der Waals surface area contributed by atoms with E-state index in [1.807, 2.05) is 60.7 Å². The fourth-order valence-corrected chi connectivity index (χ4v) is 3.52. The second-order valence-electron chi connectivity index (χ2n) is 5.80. The number of hydrogen-bond acceptors (Lipinski definition) is 1. The molecule has 21 heavy (non-hydrogen) atoms. The van der Waals surface area contributed by atoms with Gasteiger partial charge in [0.15, 0.2) is 0 Å². The monoisotopic (exact) mass is 288 g/mol. The van der Waals surface area contributed by atoms with Crippen molar-refractivity contribution in [2.45, 2.75) is 37.7 Å². The maximum atomic E-state index is 13.9. The molecule has 0 amide bonds. The van der Waals surface area contributed by atoms with Crippen molar-refractivity contribution >= 4 is 0 Å². The first kappa shape index (κ1) is 16.8. The maximum absolute atomic E-state index is 13.9. The molecule has 1 aliphatic rings. The molecule has 0 atom stereocenters. The molecule has 2 aromatic rings. The van der Waals surface area contributed by atoms with Crippen LogP contribution in [0.2, 0.25) is 0 Å². The molecule has 0 unspecified atom stereocenters. The van der Waals surface area contributed by atoms with E-state index in [1.165, 1.54) is 19.3 Å². The minimum absolute atomic E-state index is 0. The maximum Gasteiger partial charge on any atom is 1.00 e. The van der Waals surface area contributed by atoms with Crippen molar-refractivity contribution in [3.8, 4) is 0 Å². The molecule has 1 saturated carbocycles. The molecule has 0 aliphatic heterocycles. The number of rotatable bonds is 3. The predicted molar refractivity (Wildman–Crippen MR) is 80.2 cm³/mol.